The Balaban J connectivity index is 2.99. The first-order valence-electron chi connectivity index (χ1n) is 3.65. The van der Waals surface area contributed by atoms with Crippen LogP contribution in [0.15, 0.2) is 6.33 Å². The molecular formula is C7H7Cl2N3O2. The summed E-state index contributed by atoms with van der Waals surface area (Å²) in [7, 11) is 0. The summed E-state index contributed by atoms with van der Waals surface area (Å²) in [6.45, 7) is 0. The van der Waals surface area contributed by atoms with Gasteiger partial charge in [0.05, 0.1) is 6.42 Å². The lowest BCUT2D eigenvalue weighted by Crippen LogP contribution is -2.16. The molecule has 0 radical (unpaired) electrons. The summed E-state index contributed by atoms with van der Waals surface area (Å²) in [6.07, 6.45) is 0.911. The van der Waals surface area contributed by atoms with E-state index in [1.807, 2.05) is 0 Å². The summed E-state index contributed by atoms with van der Waals surface area (Å²) in [5.74, 6) is -1.03. The molecule has 7 heteroatoms. The Kier molecular flexibility index (Phi) is 3.62. The maximum atomic E-state index is 10.4. The van der Waals surface area contributed by atoms with E-state index < -0.39 is 12.0 Å². The molecule has 1 aromatic heterocycles. The largest absolute Gasteiger partial charge is 0.481 e. The van der Waals surface area contributed by atoms with E-state index >= 15 is 0 Å². The lowest BCUT2D eigenvalue weighted by molar-refractivity contribution is -0.137. The molecule has 0 spiro atoms. The molecule has 76 valence electrons. The van der Waals surface area contributed by atoms with Crippen molar-refractivity contribution in [1.29, 1.82) is 0 Å². The van der Waals surface area contributed by atoms with Crippen LogP contribution in [-0.4, -0.2) is 21.0 Å². The van der Waals surface area contributed by atoms with Gasteiger partial charge in [-0.25, -0.2) is 9.97 Å². The highest BCUT2D eigenvalue weighted by Gasteiger charge is 2.18. The standard InChI is InChI=1S/C7H7Cl2N3O2/c8-6-5(3(10)1-4(13)14)7(9)12-2-11-6/h2-3H,1,10H2,(H,13,14). The summed E-state index contributed by atoms with van der Waals surface area (Å²) in [4.78, 5) is 17.7. The van der Waals surface area contributed by atoms with Gasteiger partial charge in [0.25, 0.3) is 0 Å². The average Bonchev–Trinajstić information content (AvgIpc) is 2.01. The Bertz CT molecular complexity index is 339. The molecule has 14 heavy (non-hydrogen) atoms. The molecule has 0 aliphatic rings. The van der Waals surface area contributed by atoms with Crippen LogP contribution in [0, 0.1) is 0 Å². The van der Waals surface area contributed by atoms with E-state index in [9.17, 15) is 4.79 Å². The van der Waals surface area contributed by atoms with Crippen molar-refractivity contribution in [2.24, 2.45) is 5.73 Å². The van der Waals surface area contributed by atoms with Gasteiger partial charge in [0.1, 0.15) is 16.6 Å². The number of carboxylic acid groups (broad SMARTS) is 1. The number of nitrogens with zero attached hydrogens (tertiary/aromatic N) is 2. The van der Waals surface area contributed by atoms with Crippen LogP contribution in [0.25, 0.3) is 0 Å². The Morgan fingerprint density at radius 3 is 2.43 bits per heavy atom. The molecule has 1 rings (SSSR count). The molecule has 0 saturated carbocycles. The zero-order chi connectivity index (χ0) is 10.7. The summed E-state index contributed by atoms with van der Waals surface area (Å²) in [5.41, 5.74) is 5.83. The van der Waals surface area contributed by atoms with Crippen LogP contribution >= 0.6 is 23.2 Å². The van der Waals surface area contributed by atoms with Crippen LogP contribution in [0.2, 0.25) is 10.3 Å². The normalized spacial score (nSPS) is 12.5. The summed E-state index contributed by atoms with van der Waals surface area (Å²) >= 11 is 11.4. The Labute approximate surface area is 89.9 Å². The number of rotatable bonds is 3. The van der Waals surface area contributed by atoms with E-state index in [1.54, 1.807) is 0 Å². The van der Waals surface area contributed by atoms with Gasteiger partial charge in [-0.2, -0.15) is 0 Å². The second-order valence-electron chi connectivity index (χ2n) is 2.57. The minimum atomic E-state index is -1.03. The molecule has 0 bridgehead atoms. The topological polar surface area (TPSA) is 89.1 Å². The summed E-state index contributed by atoms with van der Waals surface area (Å²) in [6, 6.07) is -0.798. The molecule has 0 saturated heterocycles. The molecule has 0 aliphatic carbocycles. The first kappa shape index (κ1) is 11.2. The van der Waals surface area contributed by atoms with Crippen LogP contribution in [0.3, 0.4) is 0 Å². The second-order valence-corrected chi connectivity index (χ2v) is 3.29. The first-order valence-corrected chi connectivity index (χ1v) is 4.41. The third-order valence-electron chi connectivity index (χ3n) is 1.55. The molecule has 0 aliphatic heterocycles. The zero-order valence-electron chi connectivity index (χ0n) is 6.94. The monoisotopic (exact) mass is 235 g/mol. The van der Waals surface area contributed by atoms with Gasteiger partial charge in [-0.3, -0.25) is 4.79 Å². The molecule has 1 aromatic rings. The van der Waals surface area contributed by atoms with Gasteiger partial charge in [0.15, 0.2) is 0 Å². The van der Waals surface area contributed by atoms with Gasteiger partial charge in [-0.15, -0.1) is 0 Å². The molecule has 1 unspecified atom stereocenters. The predicted octanol–water partition coefficient (Wildman–Crippen LogP) is 1.26. The SMILES string of the molecule is NC(CC(=O)O)c1c(Cl)ncnc1Cl. The first-order chi connectivity index (χ1) is 6.52. The van der Waals surface area contributed by atoms with Crippen molar-refractivity contribution in [2.75, 3.05) is 0 Å². The number of hydrogen-bond acceptors (Lipinski definition) is 4. The molecule has 0 aromatic carbocycles. The Morgan fingerprint density at radius 2 is 2.00 bits per heavy atom. The number of aromatic nitrogens is 2. The number of carbonyl (C=O) groups is 1. The third kappa shape index (κ3) is 2.54. The van der Waals surface area contributed by atoms with Crippen molar-refractivity contribution in [3.8, 4) is 0 Å². The van der Waals surface area contributed by atoms with E-state index in [4.69, 9.17) is 34.0 Å². The van der Waals surface area contributed by atoms with Crippen LogP contribution in [0.1, 0.15) is 18.0 Å². The maximum Gasteiger partial charge on any atom is 0.305 e. The van der Waals surface area contributed by atoms with Crippen molar-refractivity contribution in [2.45, 2.75) is 12.5 Å². The van der Waals surface area contributed by atoms with Gasteiger partial charge in [0, 0.05) is 11.6 Å². The molecule has 1 heterocycles. The molecular weight excluding hydrogens is 229 g/mol. The van der Waals surface area contributed by atoms with E-state index in [1.165, 1.54) is 6.33 Å². The highest BCUT2D eigenvalue weighted by molar-refractivity contribution is 6.34. The molecule has 0 amide bonds. The van der Waals surface area contributed by atoms with Crippen LogP contribution in [-0.2, 0) is 4.79 Å². The van der Waals surface area contributed by atoms with Gasteiger partial charge >= 0.3 is 5.97 Å². The van der Waals surface area contributed by atoms with Crippen molar-refractivity contribution < 1.29 is 9.90 Å². The number of nitrogens with two attached hydrogens (primary N) is 1. The maximum absolute atomic E-state index is 10.4. The van der Waals surface area contributed by atoms with E-state index in [2.05, 4.69) is 9.97 Å². The van der Waals surface area contributed by atoms with Crippen molar-refractivity contribution >= 4 is 29.2 Å². The summed E-state index contributed by atoms with van der Waals surface area (Å²) < 4.78 is 0. The predicted molar refractivity (Wildman–Crippen MR) is 51.2 cm³/mol. The molecule has 0 fully saturated rings. The number of hydrogen-bond donors (Lipinski definition) is 2. The van der Waals surface area contributed by atoms with E-state index in [-0.39, 0.29) is 22.3 Å². The fourth-order valence-corrected chi connectivity index (χ4v) is 1.55. The van der Waals surface area contributed by atoms with Crippen LogP contribution in [0.4, 0.5) is 0 Å². The average molecular weight is 236 g/mol. The van der Waals surface area contributed by atoms with Crippen LogP contribution < -0.4 is 5.73 Å². The van der Waals surface area contributed by atoms with Crippen LogP contribution in [0.5, 0.6) is 0 Å². The smallest absolute Gasteiger partial charge is 0.305 e. The number of carboxylic acids is 1. The van der Waals surface area contributed by atoms with Crippen molar-refractivity contribution in [3.05, 3.63) is 22.2 Å². The minimum Gasteiger partial charge on any atom is -0.481 e. The Hall–Kier alpha value is -0.910. The third-order valence-corrected chi connectivity index (χ3v) is 2.15. The molecule has 3 N–H and O–H groups in total. The zero-order valence-corrected chi connectivity index (χ0v) is 8.46. The highest BCUT2D eigenvalue weighted by Crippen LogP contribution is 2.26. The number of halogens is 2. The fraction of sp³-hybridized carbons (Fsp3) is 0.286. The van der Waals surface area contributed by atoms with Gasteiger partial charge < -0.3 is 10.8 Å². The Morgan fingerprint density at radius 1 is 1.50 bits per heavy atom. The van der Waals surface area contributed by atoms with Gasteiger partial charge in [0.2, 0.25) is 0 Å². The minimum absolute atomic E-state index is 0.0822. The quantitative estimate of drug-likeness (QED) is 0.771. The number of aliphatic carboxylic acids is 1. The lowest BCUT2D eigenvalue weighted by Gasteiger charge is -2.11. The summed E-state index contributed by atoms with van der Waals surface area (Å²) in [5, 5.41) is 8.68. The molecule has 1 atom stereocenters. The van der Waals surface area contributed by atoms with Gasteiger partial charge in [-0.1, -0.05) is 23.2 Å². The van der Waals surface area contributed by atoms with Crippen molar-refractivity contribution in [1.82, 2.24) is 9.97 Å². The van der Waals surface area contributed by atoms with Gasteiger partial charge in [-0.05, 0) is 0 Å². The van der Waals surface area contributed by atoms with Crippen molar-refractivity contribution in [3.63, 3.8) is 0 Å². The fourth-order valence-electron chi connectivity index (χ4n) is 0.951. The lowest BCUT2D eigenvalue weighted by atomic mass is 10.1. The second kappa shape index (κ2) is 4.54. The molecule has 5 nitrogen and oxygen atoms in total. The van der Waals surface area contributed by atoms with E-state index in [0.29, 0.717) is 0 Å². The highest BCUT2D eigenvalue weighted by atomic mass is 35.5. The van der Waals surface area contributed by atoms with E-state index in [0.717, 1.165) is 0 Å².